The van der Waals surface area contributed by atoms with Crippen LogP contribution >= 0.6 is 0 Å². The highest BCUT2D eigenvalue weighted by Crippen LogP contribution is 2.29. The lowest BCUT2D eigenvalue weighted by Gasteiger charge is -2.30. The van der Waals surface area contributed by atoms with Gasteiger partial charge in [0.2, 0.25) is 11.8 Å². The second kappa shape index (κ2) is 11.3. The molecule has 0 radical (unpaired) electrons. The van der Waals surface area contributed by atoms with Gasteiger partial charge in [-0.05, 0) is 49.9 Å². The second-order valence-corrected chi connectivity index (χ2v) is 8.41. The Balaban J connectivity index is 2.39. The molecule has 27 heavy (non-hydrogen) atoms. The molecule has 2 amide bonds. The molecule has 156 valence electrons. The summed E-state index contributed by atoms with van der Waals surface area (Å²) in [6.45, 7) is 8.41. The first-order chi connectivity index (χ1) is 12.6. The van der Waals surface area contributed by atoms with Gasteiger partial charge in [0.25, 0.3) is 0 Å². The number of nitrogens with one attached hydrogen (secondary N) is 2. The molecular weight excluding hydrogens is 346 g/mol. The Bertz CT molecular complexity index is 501. The van der Waals surface area contributed by atoms with Crippen molar-refractivity contribution in [3.05, 3.63) is 0 Å². The van der Waals surface area contributed by atoms with Gasteiger partial charge >= 0.3 is 5.97 Å². The molecule has 0 aromatic rings. The molecule has 7 nitrogen and oxygen atoms in total. The minimum Gasteiger partial charge on any atom is -0.480 e. The molecule has 7 heteroatoms. The van der Waals surface area contributed by atoms with Crippen molar-refractivity contribution in [1.82, 2.24) is 10.6 Å². The van der Waals surface area contributed by atoms with Crippen LogP contribution in [-0.2, 0) is 14.4 Å². The molecule has 1 aliphatic carbocycles. The summed E-state index contributed by atoms with van der Waals surface area (Å²) in [7, 11) is 0. The number of aliphatic carboxylic acids is 1. The number of rotatable bonds is 10. The van der Waals surface area contributed by atoms with Gasteiger partial charge in [0.1, 0.15) is 6.04 Å². The lowest BCUT2D eigenvalue weighted by Crippen LogP contribution is -2.48. The predicted octanol–water partition coefficient (Wildman–Crippen LogP) is 1.90. The number of nitrogens with two attached hydrogens (primary N) is 1. The van der Waals surface area contributed by atoms with Gasteiger partial charge in [-0.2, -0.15) is 0 Å². The van der Waals surface area contributed by atoms with Gasteiger partial charge < -0.3 is 21.5 Å². The van der Waals surface area contributed by atoms with Gasteiger partial charge in [-0.3, -0.25) is 9.59 Å². The zero-order chi connectivity index (χ0) is 20.6. The van der Waals surface area contributed by atoms with Gasteiger partial charge in [0, 0.05) is 12.5 Å². The molecule has 0 aromatic heterocycles. The summed E-state index contributed by atoms with van der Waals surface area (Å²) in [4.78, 5) is 35.8. The van der Waals surface area contributed by atoms with Crippen molar-refractivity contribution < 1.29 is 19.5 Å². The topological polar surface area (TPSA) is 122 Å². The Labute approximate surface area is 162 Å². The van der Waals surface area contributed by atoms with Gasteiger partial charge in [-0.1, -0.05) is 34.1 Å². The second-order valence-electron chi connectivity index (χ2n) is 8.41. The number of carboxylic acid groups (broad SMARTS) is 1. The fourth-order valence-corrected chi connectivity index (χ4v) is 3.57. The summed E-state index contributed by atoms with van der Waals surface area (Å²) in [5, 5.41) is 15.0. The van der Waals surface area contributed by atoms with Crippen LogP contribution in [0.5, 0.6) is 0 Å². The third kappa shape index (κ3) is 7.87. The van der Waals surface area contributed by atoms with E-state index in [9.17, 15) is 19.5 Å². The van der Waals surface area contributed by atoms with E-state index in [4.69, 9.17) is 5.73 Å². The molecule has 5 N–H and O–H groups in total. The number of amides is 2. The molecule has 0 aromatic carbocycles. The molecule has 0 spiro atoms. The number of carbonyl (C=O) groups is 3. The molecule has 3 atom stereocenters. The van der Waals surface area contributed by atoms with Crippen LogP contribution in [0.15, 0.2) is 0 Å². The van der Waals surface area contributed by atoms with Crippen molar-refractivity contribution in [2.45, 2.75) is 78.3 Å². The molecule has 1 unspecified atom stereocenters. The molecule has 0 heterocycles. The first-order valence-corrected chi connectivity index (χ1v) is 10.2. The van der Waals surface area contributed by atoms with E-state index in [2.05, 4.69) is 10.6 Å². The minimum atomic E-state index is -0.980. The van der Waals surface area contributed by atoms with E-state index >= 15 is 0 Å². The van der Waals surface area contributed by atoms with E-state index in [1.54, 1.807) is 0 Å². The van der Waals surface area contributed by atoms with Crippen LogP contribution < -0.4 is 16.4 Å². The summed E-state index contributed by atoms with van der Waals surface area (Å²) < 4.78 is 0. The average Bonchev–Trinajstić information content (AvgIpc) is 2.62. The van der Waals surface area contributed by atoms with Crippen molar-refractivity contribution in [3.63, 3.8) is 0 Å². The summed E-state index contributed by atoms with van der Waals surface area (Å²) in [6.07, 6.45) is 4.49. The van der Waals surface area contributed by atoms with E-state index in [0.29, 0.717) is 31.2 Å². The summed E-state index contributed by atoms with van der Waals surface area (Å²) >= 11 is 0. The Morgan fingerprint density at radius 2 is 1.70 bits per heavy atom. The van der Waals surface area contributed by atoms with Crippen LogP contribution in [0, 0.1) is 23.7 Å². The smallest absolute Gasteiger partial charge is 0.326 e. The number of hydrogen-bond donors (Lipinski definition) is 4. The van der Waals surface area contributed by atoms with Crippen LogP contribution in [0.1, 0.15) is 66.2 Å². The average molecular weight is 384 g/mol. The molecule has 0 saturated heterocycles. The molecule has 1 fully saturated rings. The van der Waals surface area contributed by atoms with E-state index in [-0.39, 0.29) is 23.7 Å². The van der Waals surface area contributed by atoms with E-state index in [1.807, 2.05) is 27.7 Å². The summed E-state index contributed by atoms with van der Waals surface area (Å²) in [5.41, 5.74) is 5.89. The maximum Gasteiger partial charge on any atom is 0.326 e. The van der Waals surface area contributed by atoms with Crippen LogP contribution in [-0.4, -0.2) is 41.5 Å². The molecular formula is C20H37N3O4. The quantitative estimate of drug-likeness (QED) is 0.459. The van der Waals surface area contributed by atoms with Crippen LogP contribution in [0.2, 0.25) is 0 Å². The van der Waals surface area contributed by atoms with Gasteiger partial charge in [-0.15, -0.1) is 0 Å². The highest BCUT2D eigenvalue weighted by molar-refractivity contribution is 5.85. The maximum absolute atomic E-state index is 12.4. The number of carboxylic acids is 1. The van der Waals surface area contributed by atoms with Crippen molar-refractivity contribution in [1.29, 1.82) is 0 Å². The first-order valence-electron chi connectivity index (χ1n) is 10.2. The molecule has 0 aliphatic heterocycles. The lowest BCUT2D eigenvalue weighted by molar-refractivity contribution is -0.144. The van der Waals surface area contributed by atoms with Crippen LogP contribution in [0.4, 0.5) is 0 Å². The monoisotopic (exact) mass is 383 g/mol. The first kappa shape index (κ1) is 23.4. The van der Waals surface area contributed by atoms with Crippen LogP contribution in [0.3, 0.4) is 0 Å². The fourth-order valence-electron chi connectivity index (χ4n) is 3.57. The minimum absolute atomic E-state index is 0.104. The van der Waals surface area contributed by atoms with Crippen molar-refractivity contribution in [2.75, 3.05) is 6.54 Å². The number of carbonyl (C=O) groups excluding carboxylic acids is 2. The third-order valence-electron chi connectivity index (χ3n) is 5.62. The summed E-state index contributed by atoms with van der Waals surface area (Å²) in [6, 6.07) is -1.30. The van der Waals surface area contributed by atoms with Crippen molar-refractivity contribution in [3.8, 4) is 0 Å². The van der Waals surface area contributed by atoms with E-state index in [1.165, 1.54) is 0 Å². The Morgan fingerprint density at radius 1 is 1.11 bits per heavy atom. The highest BCUT2D eigenvalue weighted by Gasteiger charge is 2.31. The van der Waals surface area contributed by atoms with E-state index < -0.39 is 18.1 Å². The normalized spacial score (nSPS) is 23.3. The van der Waals surface area contributed by atoms with Crippen molar-refractivity contribution in [2.24, 2.45) is 29.4 Å². The number of hydrogen-bond acceptors (Lipinski definition) is 4. The zero-order valence-electron chi connectivity index (χ0n) is 17.2. The predicted molar refractivity (Wildman–Crippen MR) is 105 cm³/mol. The van der Waals surface area contributed by atoms with E-state index in [0.717, 1.165) is 25.7 Å². The van der Waals surface area contributed by atoms with Crippen LogP contribution in [0.25, 0.3) is 0 Å². The zero-order valence-corrected chi connectivity index (χ0v) is 17.2. The fraction of sp³-hybridized carbons (Fsp3) is 0.850. The molecule has 1 rings (SSSR count). The molecule has 1 aliphatic rings. The van der Waals surface area contributed by atoms with Gasteiger partial charge in [0.05, 0.1) is 6.04 Å². The third-order valence-corrected chi connectivity index (χ3v) is 5.62. The molecule has 1 saturated carbocycles. The molecule has 0 bridgehead atoms. The Morgan fingerprint density at radius 3 is 2.19 bits per heavy atom. The maximum atomic E-state index is 12.4. The summed E-state index contributed by atoms with van der Waals surface area (Å²) in [5.74, 6) is -0.782. The lowest BCUT2D eigenvalue weighted by atomic mass is 9.81. The van der Waals surface area contributed by atoms with Gasteiger partial charge in [0.15, 0.2) is 0 Å². The highest BCUT2D eigenvalue weighted by atomic mass is 16.4. The largest absolute Gasteiger partial charge is 0.480 e. The Hall–Kier alpha value is -1.63. The Kier molecular flexibility index (Phi) is 9.77. The standard InChI is InChI=1S/C20H37N3O4/c1-5-13(4)17(20(26)27)23-18(24)15-8-6-14(7-9-15)11-22-19(25)16(21)10-12(2)3/h12-17H,5-11,21H2,1-4H3,(H,22,25)(H,23,24)(H,26,27)/t13?,14?,15?,16-,17-/m0/s1. The van der Waals surface area contributed by atoms with Crippen molar-refractivity contribution >= 4 is 17.8 Å². The van der Waals surface area contributed by atoms with Gasteiger partial charge in [-0.25, -0.2) is 4.79 Å². The SMILES string of the molecule is CCC(C)[C@H](NC(=O)C1CCC(CNC(=O)[C@@H](N)CC(C)C)CC1)C(=O)O.